The van der Waals surface area contributed by atoms with Crippen LogP contribution in [0.1, 0.15) is 0 Å². The van der Waals surface area contributed by atoms with Gasteiger partial charge in [-0.1, -0.05) is 95.9 Å². The first-order chi connectivity index (χ1) is 30.3. The maximum absolute atomic E-state index is 12.5. The summed E-state index contributed by atoms with van der Waals surface area (Å²) in [7, 11) is 25.3. The molecule has 2 bridgehead atoms. The van der Waals surface area contributed by atoms with Gasteiger partial charge in [0.1, 0.15) is 48.4 Å². The molecule has 7 aromatic carbocycles. The molecular formula is C45H23B4N3O10S. The van der Waals surface area contributed by atoms with Crippen molar-refractivity contribution in [2.45, 2.75) is 0 Å². The second-order valence-electron chi connectivity index (χ2n) is 14.5. The molecule has 10 rings (SSSR count). The van der Waals surface area contributed by atoms with E-state index in [0.717, 1.165) is 28.5 Å². The van der Waals surface area contributed by atoms with Gasteiger partial charge in [0.05, 0.1) is 5.39 Å². The Kier molecular flexibility index (Phi) is 8.90. The first-order valence-corrected chi connectivity index (χ1v) is 19.6. The highest BCUT2D eigenvalue weighted by molar-refractivity contribution is 7.28. The molecule has 63 heavy (non-hydrogen) atoms. The van der Waals surface area contributed by atoms with Crippen molar-refractivity contribution in [2.75, 3.05) is 0 Å². The Bertz CT molecular complexity index is 3650. The minimum absolute atomic E-state index is 0.0139. The van der Waals surface area contributed by atoms with E-state index in [-0.39, 0.29) is 53.8 Å². The largest absolute Gasteiger partial charge is 0.509 e. The first kappa shape index (κ1) is 39.2. The van der Waals surface area contributed by atoms with Crippen LogP contribution in [0.5, 0.6) is 46.0 Å². The molecule has 8 radical (unpaired) electrons. The predicted molar refractivity (Wildman–Crippen MR) is 244 cm³/mol. The summed E-state index contributed by atoms with van der Waals surface area (Å²) < 4.78 is 11.5. The summed E-state index contributed by atoms with van der Waals surface area (Å²) in [5.74, 6) is -6.97. The van der Waals surface area contributed by atoms with Gasteiger partial charge in [0, 0.05) is 47.5 Å². The van der Waals surface area contributed by atoms with E-state index in [1.165, 1.54) is 0 Å². The average Bonchev–Trinajstić information content (AvgIpc) is 3.70. The van der Waals surface area contributed by atoms with Crippen molar-refractivity contribution in [3.63, 3.8) is 0 Å². The van der Waals surface area contributed by atoms with Crippen LogP contribution in [-0.4, -0.2) is 87.2 Å². The van der Waals surface area contributed by atoms with Gasteiger partial charge in [-0.15, -0.1) is 11.3 Å². The number of phenols is 8. The summed E-state index contributed by atoms with van der Waals surface area (Å²) in [5, 5.41) is 91.2. The molecule has 0 aliphatic carbocycles. The number of hydrogen-bond donors (Lipinski definition) is 8. The zero-order valence-electron chi connectivity index (χ0n) is 32.1. The topological polar surface area (TPSA) is 227 Å². The zero-order valence-corrected chi connectivity index (χ0v) is 32.9. The lowest BCUT2D eigenvalue weighted by molar-refractivity contribution is 0.0896. The lowest BCUT2D eigenvalue weighted by Crippen LogP contribution is -2.31. The molecular weight excluding hydrogens is 818 g/mol. The number of thiophene rings is 1. The molecule has 13 nitrogen and oxygen atoms in total. The second-order valence-corrected chi connectivity index (χ2v) is 15.5. The monoisotopic (exact) mass is 841 g/mol. The van der Waals surface area contributed by atoms with E-state index in [9.17, 15) is 40.9 Å². The molecule has 0 saturated carbocycles. The van der Waals surface area contributed by atoms with Gasteiger partial charge in [-0.05, 0) is 28.1 Å². The Morgan fingerprint density at radius 1 is 0.397 bits per heavy atom. The van der Waals surface area contributed by atoms with Gasteiger partial charge in [-0.25, -0.2) is 15.0 Å². The maximum Gasteiger partial charge on any atom is 0.235 e. The lowest BCUT2D eigenvalue weighted by atomic mass is 9.73. The van der Waals surface area contributed by atoms with E-state index in [2.05, 4.69) is 9.97 Å². The van der Waals surface area contributed by atoms with Crippen LogP contribution in [0.25, 0.3) is 98.2 Å². The Morgan fingerprint density at radius 2 is 0.937 bits per heavy atom. The summed E-state index contributed by atoms with van der Waals surface area (Å²) in [6.07, 6.45) is 0. The van der Waals surface area contributed by atoms with Crippen molar-refractivity contribution in [2.24, 2.45) is 0 Å². The van der Waals surface area contributed by atoms with Crippen LogP contribution in [0.15, 0.2) is 100 Å². The van der Waals surface area contributed by atoms with E-state index in [1.54, 1.807) is 42.5 Å². The molecule has 0 aliphatic heterocycles. The van der Waals surface area contributed by atoms with Gasteiger partial charge in [0.2, 0.25) is 11.3 Å². The number of benzene rings is 7. The van der Waals surface area contributed by atoms with Crippen LogP contribution >= 0.6 is 11.3 Å². The minimum atomic E-state index is -1.05. The van der Waals surface area contributed by atoms with Crippen LogP contribution in [0.4, 0.5) is 0 Å². The fourth-order valence-corrected chi connectivity index (χ4v) is 9.16. The molecule has 3 aromatic heterocycles. The van der Waals surface area contributed by atoms with E-state index in [0.29, 0.717) is 11.1 Å². The van der Waals surface area contributed by atoms with Crippen molar-refractivity contribution >= 4 is 117 Å². The molecule has 0 atom stereocenters. The van der Waals surface area contributed by atoms with Crippen molar-refractivity contribution in [3.05, 3.63) is 91.0 Å². The summed E-state index contributed by atoms with van der Waals surface area (Å²) in [4.78, 5) is 14.0. The predicted octanol–water partition coefficient (Wildman–Crippen LogP) is 5.50. The number of phenolic OH excluding ortho intramolecular Hbond substituents is 8. The van der Waals surface area contributed by atoms with Crippen LogP contribution in [0, 0.1) is 0 Å². The lowest BCUT2D eigenvalue weighted by Gasteiger charge is -2.15. The van der Waals surface area contributed by atoms with E-state index in [4.69, 9.17) is 45.5 Å². The minimum Gasteiger partial charge on any atom is -0.509 e. The number of fused-ring (bicyclic) bond motifs is 5. The smallest absolute Gasteiger partial charge is 0.235 e. The molecule has 0 spiro atoms. The summed E-state index contributed by atoms with van der Waals surface area (Å²) in [6, 6.07) is 26.9. The van der Waals surface area contributed by atoms with Crippen molar-refractivity contribution < 1.29 is 50.0 Å². The number of hydrogen-bond acceptors (Lipinski definition) is 14. The summed E-state index contributed by atoms with van der Waals surface area (Å²) >= 11 is 0.824. The Morgan fingerprint density at radius 3 is 1.59 bits per heavy atom. The Labute approximate surface area is 363 Å². The Balaban J connectivity index is 1.38. The molecule has 0 unspecified atom stereocenters. The molecule has 296 valence electrons. The first-order valence-electron chi connectivity index (χ1n) is 18.7. The molecule has 3 heterocycles. The van der Waals surface area contributed by atoms with Gasteiger partial charge >= 0.3 is 0 Å². The summed E-state index contributed by atoms with van der Waals surface area (Å²) in [6.45, 7) is 0. The van der Waals surface area contributed by atoms with Crippen LogP contribution in [-0.2, 0) is 0 Å². The van der Waals surface area contributed by atoms with Crippen LogP contribution < -0.4 is 21.9 Å². The van der Waals surface area contributed by atoms with E-state index < -0.39 is 90.0 Å². The number of rotatable bonds is 4. The van der Waals surface area contributed by atoms with Gasteiger partial charge in [0.15, 0.2) is 51.8 Å². The third kappa shape index (κ3) is 5.78. The quantitative estimate of drug-likeness (QED) is 0.0475. The van der Waals surface area contributed by atoms with Crippen molar-refractivity contribution in [1.29, 1.82) is 0 Å². The number of aromatic nitrogens is 3. The molecule has 0 amide bonds. The molecule has 0 fully saturated rings. The van der Waals surface area contributed by atoms with Gasteiger partial charge in [-0.3, -0.25) is 9.15 Å². The Hall–Kier alpha value is -7.97. The highest BCUT2D eigenvalue weighted by Gasteiger charge is 2.30. The second kappa shape index (κ2) is 14.3. The zero-order chi connectivity index (χ0) is 44.2. The van der Waals surface area contributed by atoms with Crippen molar-refractivity contribution in [3.8, 4) is 91.3 Å². The van der Waals surface area contributed by atoms with Crippen molar-refractivity contribution in [1.82, 2.24) is 15.0 Å². The molecule has 10 aromatic rings. The SMILES string of the molecule is [B]c1c(O)c([B])c2ooc3c(O)c(O)c(-c4nc(-c5ccccc5)nc(-c5ccc(-c6ccccc6)cc5)n4)c(O)c3c3cc(O)c(O)c4c3sc3c(c(O)c(O)c([B])c34)c2c1[B]. The van der Waals surface area contributed by atoms with E-state index >= 15 is 0 Å². The fourth-order valence-electron chi connectivity index (χ4n) is 7.77. The normalized spacial score (nSPS) is 11.6. The number of aromatic hydroxyl groups is 8. The highest BCUT2D eigenvalue weighted by atomic mass is 32.1. The third-order valence-electron chi connectivity index (χ3n) is 10.9. The summed E-state index contributed by atoms with van der Waals surface area (Å²) in [5.41, 5.74) is -0.890. The van der Waals surface area contributed by atoms with Gasteiger partial charge in [-0.2, -0.15) is 0 Å². The van der Waals surface area contributed by atoms with Crippen LogP contribution in [0.3, 0.4) is 0 Å². The molecule has 18 heteroatoms. The van der Waals surface area contributed by atoms with Gasteiger partial charge < -0.3 is 40.9 Å². The fraction of sp³-hybridized carbons (Fsp3) is 0. The van der Waals surface area contributed by atoms with Gasteiger partial charge in [0.25, 0.3) is 0 Å². The number of nitrogens with zero attached hydrogens (tertiary/aromatic N) is 3. The molecule has 0 saturated heterocycles. The molecule has 8 N–H and O–H groups in total. The van der Waals surface area contributed by atoms with E-state index in [1.807, 2.05) is 42.5 Å². The average molecular weight is 841 g/mol. The van der Waals surface area contributed by atoms with Crippen LogP contribution in [0.2, 0.25) is 0 Å². The highest BCUT2D eigenvalue weighted by Crippen LogP contribution is 2.55. The third-order valence-corrected chi connectivity index (χ3v) is 12.2. The molecule has 0 aliphatic rings. The standard InChI is InChI=1S/C45H23B4N3O10S/c46-28-23-25-34(56)37(59)29(47)24-26-32(54)21(53)15-20(41(26)63-42(24)25)22-33(55)27(35(57)38(60)40(22)62-61-39(23)31(49)36(58)30(28)48)45-51-43(18-9-5-2-6-10-18)50-44(52-45)19-13-11-17(12-14-19)16-7-3-1-4-8-16/h1-15,53-60H. The maximum atomic E-state index is 12.5.